The van der Waals surface area contributed by atoms with Crippen molar-refractivity contribution in [2.45, 2.75) is 33.7 Å². The highest BCUT2D eigenvalue weighted by Crippen LogP contribution is 2.43. The van der Waals surface area contributed by atoms with Crippen molar-refractivity contribution in [3.05, 3.63) is 59.7 Å². The molecule has 0 aliphatic heterocycles. The van der Waals surface area contributed by atoms with Gasteiger partial charge in [0, 0.05) is 0 Å². The van der Waals surface area contributed by atoms with Crippen LogP contribution in [0.1, 0.15) is 44.9 Å². The van der Waals surface area contributed by atoms with E-state index in [4.69, 9.17) is 0 Å². The van der Waals surface area contributed by atoms with Gasteiger partial charge in [0.2, 0.25) is 0 Å². The van der Waals surface area contributed by atoms with Crippen molar-refractivity contribution >= 4 is 0 Å². The van der Waals surface area contributed by atoms with Crippen LogP contribution >= 0.6 is 0 Å². The van der Waals surface area contributed by atoms with Crippen molar-refractivity contribution in [3.63, 3.8) is 0 Å². The maximum Gasteiger partial charge on any atom is 0.0589 e. The molecule has 0 saturated heterocycles. The molecular weight excluding hydrogens is 254 g/mol. The second-order valence-corrected chi connectivity index (χ2v) is 7.28. The van der Waals surface area contributed by atoms with E-state index in [1.54, 1.807) is 0 Å². The highest BCUT2D eigenvalue weighted by Gasteiger charge is 2.29. The smallest absolute Gasteiger partial charge is 0.0589 e. The molecule has 0 saturated carbocycles. The van der Waals surface area contributed by atoms with E-state index in [9.17, 15) is 0 Å². The van der Waals surface area contributed by atoms with Gasteiger partial charge in [0.05, 0.1) is 6.04 Å². The fourth-order valence-electron chi connectivity index (χ4n) is 2.98. The molecule has 3 rings (SSSR count). The van der Waals surface area contributed by atoms with Gasteiger partial charge in [-0.1, -0.05) is 76.2 Å². The van der Waals surface area contributed by atoms with E-state index in [2.05, 4.69) is 81.5 Å². The normalized spacial score (nSPS) is 15.6. The van der Waals surface area contributed by atoms with Crippen LogP contribution < -0.4 is 5.32 Å². The van der Waals surface area contributed by atoms with Gasteiger partial charge in [-0.05, 0) is 40.1 Å². The monoisotopic (exact) mass is 279 g/mol. The van der Waals surface area contributed by atoms with Crippen molar-refractivity contribution in [3.8, 4) is 11.1 Å². The van der Waals surface area contributed by atoms with Crippen LogP contribution in [0.4, 0.5) is 0 Å². The third-order valence-corrected chi connectivity index (χ3v) is 4.94. The van der Waals surface area contributed by atoms with E-state index < -0.39 is 0 Å². The van der Waals surface area contributed by atoms with Gasteiger partial charge in [-0.3, -0.25) is 0 Å². The Morgan fingerprint density at radius 1 is 0.905 bits per heavy atom. The molecule has 0 aromatic heterocycles. The van der Waals surface area contributed by atoms with Crippen LogP contribution in [-0.2, 0) is 0 Å². The van der Waals surface area contributed by atoms with E-state index in [-0.39, 0.29) is 0 Å². The minimum absolute atomic E-state index is 0.335. The molecule has 1 nitrogen and oxygen atoms in total. The zero-order valence-electron chi connectivity index (χ0n) is 13.5. The van der Waals surface area contributed by atoms with Crippen LogP contribution in [0.2, 0.25) is 0 Å². The van der Waals surface area contributed by atoms with Gasteiger partial charge in [0.1, 0.15) is 0 Å². The van der Waals surface area contributed by atoms with Crippen molar-refractivity contribution in [1.82, 2.24) is 5.32 Å². The molecule has 0 heterocycles. The fraction of sp³-hybridized carbons (Fsp3) is 0.400. The van der Waals surface area contributed by atoms with Crippen molar-refractivity contribution in [2.24, 2.45) is 11.3 Å². The van der Waals surface area contributed by atoms with Crippen LogP contribution in [0.5, 0.6) is 0 Å². The minimum atomic E-state index is 0.335. The molecule has 0 amide bonds. The number of hydrogen-bond acceptors (Lipinski definition) is 1. The summed E-state index contributed by atoms with van der Waals surface area (Å²) in [5, 5.41) is 3.80. The van der Waals surface area contributed by atoms with Crippen molar-refractivity contribution in [2.75, 3.05) is 6.54 Å². The summed E-state index contributed by atoms with van der Waals surface area (Å²) in [4.78, 5) is 0. The van der Waals surface area contributed by atoms with Gasteiger partial charge in [0.25, 0.3) is 0 Å². The molecule has 0 fully saturated rings. The molecule has 1 aliphatic rings. The molecule has 2 aromatic rings. The van der Waals surface area contributed by atoms with E-state index >= 15 is 0 Å². The van der Waals surface area contributed by atoms with Gasteiger partial charge in [-0.15, -0.1) is 0 Å². The molecule has 21 heavy (non-hydrogen) atoms. The first-order chi connectivity index (χ1) is 9.98. The Bertz CT molecular complexity index is 591. The van der Waals surface area contributed by atoms with Crippen LogP contribution in [-0.4, -0.2) is 6.54 Å². The van der Waals surface area contributed by atoms with Crippen LogP contribution in [0.25, 0.3) is 11.1 Å². The zero-order valence-corrected chi connectivity index (χ0v) is 13.5. The summed E-state index contributed by atoms with van der Waals surface area (Å²) in [7, 11) is 0. The molecular formula is C20H25N. The first-order valence-electron chi connectivity index (χ1n) is 7.90. The summed E-state index contributed by atoms with van der Waals surface area (Å²) in [5.41, 5.74) is 5.94. The molecule has 1 N–H and O–H groups in total. The molecule has 1 heteroatoms. The van der Waals surface area contributed by atoms with E-state index in [1.165, 1.54) is 22.3 Å². The van der Waals surface area contributed by atoms with Gasteiger partial charge in [0.15, 0.2) is 0 Å². The maximum atomic E-state index is 3.80. The Balaban J connectivity index is 1.89. The predicted octanol–water partition coefficient (Wildman–Crippen LogP) is 5.03. The molecule has 0 spiro atoms. The van der Waals surface area contributed by atoms with Crippen LogP contribution in [0.15, 0.2) is 48.5 Å². The fourth-order valence-corrected chi connectivity index (χ4v) is 2.98. The lowest BCUT2D eigenvalue weighted by Crippen LogP contribution is -2.32. The Hall–Kier alpha value is -1.60. The Labute approximate surface area is 128 Å². The van der Waals surface area contributed by atoms with E-state index in [1.807, 2.05) is 0 Å². The third-order valence-electron chi connectivity index (χ3n) is 4.94. The summed E-state index contributed by atoms with van der Waals surface area (Å²) < 4.78 is 0. The number of hydrogen-bond donors (Lipinski definition) is 1. The first kappa shape index (κ1) is 14.3. The average Bonchev–Trinajstić information content (AvgIpc) is 2.78. The van der Waals surface area contributed by atoms with Gasteiger partial charge in [-0.2, -0.15) is 0 Å². The van der Waals surface area contributed by atoms with Crippen LogP contribution in [0, 0.1) is 11.3 Å². The van der Waals surface area contributed by atoms with Crippen molar-refractivity contribution in [1.29, 1.82) is 0 Å². The predicted molar refractivity (Wildman–Crippen MR) is 90.3 cm³/mol. The summed E-state index contributed by atoms with van der Waals surface area (Å²) in [5.74, 6) is 0.637. The largest absolute Gasteiger partial charge is 0.306 e. The standard InChI is InChI=1S/C20H25N/c1-14(20(2,3)4)13-21-19-17-11-7-5-9-15(17)16-10-6-8-12-18(16)19/h5-12,14,19,21H,13H2,1-4H3. The Morgan fingerprint density at radius 2 is 1.38 bits per heavy atom. The maximum absolute atomic E-state index is 3.80. The quantitative estimate of drug-likeness (QED) is 0.831. The van der Waals surface area contributed by atoms with E-state index in [0.717, 1.165) is 6.54 Å². The number of rotatable bonds is 3. The molecule has 1 atom stereocenters. The molecule has 0 bridgehead atoms. The zero-order chi connectivity index (χ0) is 15.0. The lowest BCUT2D eigenvalue weighted by Gasteiger charge is -2.29. The first-order valence-corrected chi connectivity index (χ1v) is 7.90. The highest BCUT2D eigenvalue weighted by atomic mass is 14.9. The lowest BCUT2D eigenvalue weighted by molar-refractivity contribution is 0.249. The Kier molecular flexibility index (Phi) is 3.62. The summed E-state index contributed by atoms with van der Waals surface area (Å²) in [6, 6.07) is 17.9. The summed E-state index contributed by atoms with van der Waals surface area (Å²) in [6.45, 7) is 10.3. The molecule has 1 aliphatic carbocycles. The SMILES string of the molecule is CC(CNC1c2ccccc2-c2ccccc21)C(C)(C)C. The minimum Gasteiger partial charge on any atom is -0.306 e. The second-order valence-electron chi connectivity index (χ2n) is 7.28. The summed E-state index contributed by atoms with van der Waals surface area (Å²) >= 11 is 0. The summed E-state index contributed by atoms with van der Waals surface area (Å²) in [6.07, 6.45) is 0. The second kappa shape index (κ2) is 5.31. The lowest BCUT2D eigenvalue weighted by atomic mass is 9.82. The average molecular weight is 279 g/mol. The van der Waals surface area contributed by atoms with Crippen LogP contribution in [0.3, 0.4) is 0 Å². The third kappa shape index (κ3) is 2.63. The van der Waals surface area contributed by atoms with Gasteiger partial charge in [-0.25, -0.2) is 0 Å². The number of fused-ring (bicyclic) bond motifs is 3. The number of benzene rings is 2. The molecule has 2 aromatic carbocycles. The van der Waals surface area contributed by atoms with E-state index in [0.29, 0.717) is 17.4 Å². The van der Waals surface area contributed by atoms with Crippen molar-refractivity contribution < 1.29 is 0 Å². The highest BCUT2D eigenvalue weighted by molar-refractivity contribution is 5.78. The van der Waals surface area contributed by atoms with Gasteiger partial charge >= 0.3 is 0 Å². The molecule has 110 valence electrons. The molecule has 0 radical (unpaired) electrons. The molecule has 1 unspecified atom stereocenters. The topological polar surface area (TPSA) is 12.0 Å². The number of nitrogens with one attached hydrogen (secondary N) is 1. The Morgan fingerprint density at radius 3 is 1.86 bits per heavy atom. The van der Waals surface area contributed by atoms with Gasteiger partial charge < -0.3 is 5.32 Å².